The molecule has 8 heteroatoms. The predicted molar refractivity (Wildman–Crippen MR) is 113 cm³/mol. The number of aromatic nitrogens is 3. The van der Waals surface area contributed by atoms with Crippen LogP contribution in [0, 0.1) is 6.92 Å². The van der Waals surface area contributed by atoms with Crippen LogP contribution in [0.2, 0.25) is 0 Å². The Hall–Kier alpha value is -2.97. The van der Waals surface area contributed by atoms with Gasteiger partial charge in [0.05, 0.1) is 6.61 Å². The second-order valence-electron chi connectivity index (χ2n) is 6.32. The Morgan fingerprint density at radius 2 is 2.00 bits per heavy atom. The van der Waals surface area contributed by atoms with Crippen molar-refractivity contribution in [2.45, 2.75) is 23.5 Å². The molecule has 0 bridgehead atoms. The van der Waals surface area contributed by atoms with E-state index in [2.05, 4.69) is 20.3 Å². The summed E-state index contributed by atoms with van der Waals surface area (Å²) in [7, 11) is 1.62. The first-order valence-corrected chi connectivity index (χ1v) is 9.96. The molecule has 2 amide bonds. The number of amides is 2. The summed E-state index contributed by atoms with van der Waals surface area (Å²) in [5, 5.41) is 3.69. The van der Waals surface area contributed by atoms with Gasteiger partial charge in [-0.3, -0.25) is 4.98 Å². The van der Waals surface area contributed by atoms with E-state index in [9.17, 15) is 4.79 Å². The number of carbonyl (C=O) groups excluding carboxylic acids is 1. The maximum atomic E-state index is 12.9. The number of nitrogens with zero attached hydrogens (tertiary/aromatic N) is 4. The number of hydrogen-bond donors (Lipinski definition) is 1. The molecule has 0 aliphatic rings. The summed E-state index contributed by atoms with van der Waals surface area (Å²) in [4.78, 5) is 28.2. The Morgan fingerprint density at radius 1 is 1.17 bits per heavy atom. The molecule has 0 radical (unpaired) electrons. The molecule has 29 heavy (non-hydrogen) atoms. The van der Waals surface area contributed by atoms with Crippen molar-refractivity contribution in [1.82, 2.24) is 19.9 Å². The van der Waals surface area contributed by atoms with Crippen molar-refractivity contribution in [3.05, 3.63) is 72.3 Å². The number of urea groups is 1. The number of hydrogen-bond acceptors (Lipinski definition) is 6. The quantitative estimate of drug-likeness (QED) is 0.566. The molecule has 0 fully saturated rings. The zero-order valence-electron chi connectivity index (χ0n) is 16.4. The van der Waals surface area contributed by atoms with Gasteiger partial charge in [-0.15, -0.1) is 0 Å². The fraction of sp³-hybridized carbons (Fsp3) is 0.238. The number of aryl methyl sites for hydroxylation is 1. The van der Waals surface area contributed by atoms with Crippen LogP contribution in [0.1, 0.15) is 11.1 Å². The molecule has 2 aromatic heterocycles. The lowest BCUT2D eigenvalue weighted by Gasteiger charge is -2.23. The summed E-state index contributed by atoms with van der Waals surface area (Å²) in [5.74, 6) is 0. The molecule has 1 aromatic carbocycles. The molecule has 0 saturated carbocycles. The topological polar surface area (TPSA) is 80.2 Å². The number of pyridine rings is 1. The molecule has 2 heterocycles. The molecule has 150 valence electrons. The van der Waals surface area contributed by atoms with Crippen molar-refractivity contribution in [3.63, 3.8) is 0 Å². The molecular formula is C21H23N5O2S. The average molecular weight is 410 g/mol. The van der Waals surface area contributed by atoms with E-state index in [1.807, 2.05) is 37.3 Å². The summed E-state index contributed by atoms with van der Waals surface area (Å²) < 4.78 is 5.15. The molecule has 0 spiro atoms. The van der Waals surface area contributed by atoms with E-state index in [0.717, 1.165) is 21.7 Å². The van der Waals surface area contributed by atoms with Gasteiger partial charge in [-0.2, -0.15) is 0 Å². The van der Waals surface area contributed by atoms with Crippen LogP contribution in [0.5, 0.6) is 0 Å². The Bertz CT molecular complexity index is 925. The highest BCUT2D eigenvalue weighted by atomic mass is 32.2. The van der Waals surface area contributed by atoms with Crippen molar-refractivity contribution in [2.75, 3.05) is 25.6 Å². The number of anilines is 1. The van der Waals surface area contributed by atoms with Crippen LogP contribution in [0.25, 0.3) is 0 Å². The van der Waals surface area contributed by atoms with E-state index >= 15 is 0 Å². The normalized spacial score (nSPS) is 10.6. The molecule has 1 N–H and O–H groups in total. The second-order valence-corrected chi connectivity index (χ2v) is 7.36. The molecule has 7 nitrogen and oxygen atoms in total. The summed E-state index contributed by atoms with van der Waals surface area (Å²) in [6.45, 7) is 3.36. The first-order chi connectivity index (χ1) is 14.2. The predicted octanol–water partition coefficient (Wildman–Crippen LogP) is 4.01. The Balaban J connectivity index is 1.68. The van der Waals surface area contributed by atoms with Crippen LogP contribution in [0.3, 0.4) is 0 Å². The van der Waals surface area contributed by atoms with Crippen molar-refractivity contribution in [2.24, 2.45) is 0 Å². The minimum Gasteiger partial charge on any atom is -0.383 e. The lowest BCUT2D eigenvalue weighted by atomic mass is 10.2. The monoisotopic (exact) mass is 409 g/mol. The van der Waals surface area contributed by atoms with Crippen molar-refractivity contribution >= 4 is 23.5 Å². The fourth-order valence-electron chi connectivity index (χ4n) is 2.64. The fourth-order valence-corrected chi connectivity index (χ4v) is 3.45. The van der Waals surface area contributed by atoms with E-state index < -0.39 is 0 Å². The molecule has 0 aliphatic heterocycles. The van der Waals surface area contributed by atoms with E-state index in [1.54, 1.807) is 42.9 Å². The molecule has 3 rings (SSSR count). The third kappa shape index (κ3) is 6.27. The van der Waals surface area contributed by atoms with E-state index in [-0.39, 0.29) is 6.03 Å². The Labute approximate surface area is 174 Å². The lowest BCUT2D eigenvalue weighted by Crippen LogP contribution is -2.37. The summed E-state index contributed by atoms with van der Waals surface area (Å²) in [6, 6.07) is 11.3. The van der Waals surface area contributed by atoms with Gasteiger partial charge in [0.25, 0.3) is 0 Å². The number of benzene rings is 1. The minimum absolute atomic E-state index is 0.180. The van der Waals surface area contributed by atoms with Crippen molar-refractivity contribution in [3.8, 4) is 0 Å². The Morgan fingerprint density at radius 3 is 2.69 bits per heavy atom. The van der Waals surface area contributed by atoms with Crippen molar-refractivity contribution < 1.29 is 9.53 Å². The lowest BCUT2D eigenvalue weighted by molar-refractivity contribution is 0.152. The van der Waals surface area contributed by atoms with Crippen LogP contribution in [-0.2, 0) is 11.3 Å². The zero-order chi connectivity index (χ0) is 20.5. The van der Waals surface area contributed by atoms with Gasteiger partial charge in [0.15, 0.2) is 5.16 Å². The largest absolute Gasteiger partial charge is 0.383 e. The standard InChI is InChI=1S/C21H23N5O2S/c1-16-13-18(29-20-23-9-4-10-24-20)6-7-19(16)25-21(27)26(11-12-28-2)15-17-5-3-8-22-14-17/h3-10,13-14H,11-12,15H2,1-2H3,(H,25,27). The number of ether oxygens (including phenoxy) is 1. The van der Waals surface area contributed by atoms with E-state index in [4.69, 9.17) is 4.74 Å². The van der Waals surface area contributed by atoms with Crippen LogP contribution in [0.15, 0.2) is 71.2 Å². The number of carbonyl (C=O) groups is 1. The Kier molecular flexibility index (Phi) is 7.54. The molecule has 3 aromatic rings. The number of nitrogens with one attached hydrogen (secondary N) is 1. The highest BCUT2D eigenvalue weighted by Crippen LogP contribution is 2.28. The van der Waals surface area contributed by atoms with Crippen LogP contribution in [-0.4, -0.2) is 46.1 Å². The zero-order valence-corrected chi connectivity index (χ0v) is 17.2. The van der Waals surface area contributed by atoms with Crippen molar-refractivity contribution in [1.29, 1.82) is 0 Å². The van der Waals surface area contributed by atoms with E-state index in [1.165, 1.54) is 11.8 Å². The first kappa shape index (κ1) is 20.8. The van der Waals surface area contributed by atoms with Gasteiger partial charge < -0.3 is 15.0 Å². The number of rotatable bonds is 8. The summed E-state index contributed by atoms with van der Waals surface area (Å²) in [6.07, 6.45) is 6.91. The smallest absolute Gasteiger partial charge is 0.322 e. The summed E-state index contributed by atoms with van der Waals surface area (Å²) in [5.41, 5.74) is 2.69. The van der Waals surface area contributed by atoms with Gasteiger partial charge in [0, 0.05) is 55.6 Å². The SMILES string of the molecule is COCCN(Cc1cccnc1)C(=O)Nc1ccc(Sc2ncccn2)cc1C. The number of methoxy groups -OCH3 is 1. The minimum atomic E-state index is -0.180. The van der Waals surface area contributed by atoms with Gasteiger partial charge in [0.2, 0.25) is 0 Å². The van der Waals surface area contributed by atoms with Crippen LogP contribution < -0.4 is 5.32 Å². The third-order valence-electron chi connectivity index (χ3n) is 4.14. The summed E-state index contributed by atoms with van der Waals surface area (Å²) >= 11 is 1.48. The van der Waals surface area contributed by atoms with Gasteiger partial charge in [-0.25, -0.2) is 14.8 Å². The van der Waals surface area contributed by atoms with E-state index in [0.29, 0.717) is 24.9 Å². The van der Waals surface area contributed by atoms with Gasteiger partial charge >= 0.3 is 6.03 Å². The average Bonchev–Trinajstić information content (AvgIpc) is 2.74. The maximum Gasteiger partial charge on any atom is 0.322 e. The van der Waals surface area contributed by atoms with Gasteiger partial charge in [0.1, 0.15) is 0 Å². The molecule has 0 atom stereocenters. The second kappa shape index (κ2) is 10.5. The molecular weight excluding hydrogens is 386 g/mol. The highest BCUT2D eigenvalue weighted by molar-refractivity contribution is 7.99. The first-order valence-electron chi connectivity index (χ1n) is 9.15. The molecule has 0 unspecified atom stereocenters. The molecule has 0 aliphatic carbocycles. The third-order valence-corrected chi connectivity index (χ3v) is 5.02. The molecule has 0 saturated heterocycles. The van der Waals surface area contributed by atoms with Gasteiger partial charge in [-0.05, 0) is 60.1 Å². The van der Waals surface area contributed by atoms with Crippen LogP contribution in [0.4, 0.5) is 10.5 Å². The highest BCUT2D eigenvalue weighted by Gasteiger charge is 2.15. The van der Waals surface area contributed by atoms with Crippen LogP contribution >= 0.6 is 11.8 Å². The van der Waals surface area contributed by atoms with Gasteiger partial charge in [-0.1, -0.05) is 6.07 Å². The maximum absolute atomic E-state index is 12.9.